The van der Waals surface area contributed by atoms with Crippen LogP contribution in [0.4, 0.5) is 0 Å². The molecular weight excluding hydrogens is 228 g/mol. The van der Waals surface area contributed by atoms with E-state index in [1.807, 2.05) is 6.07 Å². The lowest BCUT2D eigenvalue weighted by molar-refractivity contribution is 0.0998. The zero-order chi connectivity index (χ0) is 13.0. The molecule has 2 aromatic carbocycles. The second-order valence-corrected chi connectivity index (χ2v) is 3.57. The minimum Gasteiger partial charge on any atom is -0.455 e. The number of para-hydroxylation sites is 2. The zero-order valence-corrected chi connectivity index (χ0v) is 9.46. The molecule has 0 saturated heterocycles. The number of amides is 1. The van der Waals surface area contributed by atoms with Crippen LogP contribution in [0.1, 0.15) is 15.9 Å². The second kappa shape index (κ2) is 5.02. The molecule has 1 amide bonds. The standard InChI is InChI=1S/C14H10N2O2/c15-9-10-5-1-3-7-12(10)18-13-8-4-2-6-11(13)14(16)17/h1-8H,(H2,16,17). The highest BCUT2D eigenvalue weighted by Gasteiger charge is 2.10. The van der Waals surface area contributed by atoms with Crippen LogP contribution >= 0.6 is 0 Å². The molecule has 2 aromatic rings. The highest BCUT2D eigenvalue weighted by atomic mass is 16.5. The summed E-state index contributed by atoms with van der Waals surface area (Å²) in [6, 6.07) is 15.5. The number of hydrogen-bond donors (Lipinski definition) is 1. The highest BCUT2D eigenvalue weighted by Crippen LogP contribution is 2.27. The summed E-state index contributed by atoms with van der Waals surface area (Å²) in [7, 11) is 0. The van der Waals surface area contributed by atoms with Gasteiger partial charge in [-0.3, -0.25) is 4.79 Å². The van der Waals surface area contributed by atoms with Crippen molar-refractivity contribution in [3.63, 3.8) is 0 Å². The summed E-state index contributed by atoms with van der Waals surface area (Å²) in [5.74, 6) is 0.168. The van der Waals surface area contributed by atoms with Crippen LogP contribution in [0.5, 0.6) is 11.5 Å². The van der Waals surface area contributed by atoms with E-state index in [9.17, 15) is 4.79 Å². The molecule has 0 unspecified atom stereocenters. The third kappa shape index (κ3) is 2.30. The molecule has 4 nitrogen and oxygen atoms in total. The van der Waals surface area contributed by atoms with Crippen LogP contribution in [-0.4, -0.2) is 5.91 Å². The molecule has 88 valence electrons. The Labute approximate surface area is 104 Å². The van der Waals surface area contributed by atoms with E-state index in [4.69, 9.17) is 15.7 Å². The van der Waals surface area contributed by atoms with Gasteiger partial charge in [-0.25, -0.2) is 0 Å². The third-order valence-corrected chi connectivity index (χ3v) is 2.38. The number of nitrogens with zero attached hydrogens (tertiary/aromatic N) is 1. The maximum absolute atomic E-state index is 11.2. The molecule has 18 heavy (non-hydrogen) atoms. The van der Waals surface area contributed by atoms with Crippen molar-refractivity contribution in [3.05, 3.63) is 59.7 Å². The molecule has 0 fully saturated rings. The van der Waals surface area contributed by atoms with Crippen molar-refractivity contribution in [2.45, 2.75) is 0 Å². The van der Waals surface area contributed by atoms with Crippen molar-refractivity contribution in [2.24, 2.45) is 5.73 Å². The Morgan fingerprint density at radius 3 is 2.33 bits per heavy atom. The first-order valence-corrected chi connectivity index (χ1v) is 5.28. The Bertz CT molecular complexity index is 630. The van der Waals surface area contributed by atoms with E-state index in [1.54, 1.807) is 48.5 Å². The number of nitrogens with two attached hydrogens (primary N) is 1. The van der Waals surface area contributed by atoms with Gasteiger partial charge in [0, 0.05) is 0 Å². The lowest BCUT2D eigenvalue weighted by Crippen LogP contribution is -2.12. The molecule has 0 aliphatic heterocycles. The first-order valence-electron chi connectivity index (χ1n) is 5.28. The Balaban J connectivity index is 2.41. The SMILES string of the molecule is N#Cc1ccccc1Oc1ccccc1C(N)=O. The van der Waals surface area contributed by atoms with E-state index < -0.39 is 5.91 Å². The normalized spacial score (nSPS) is 9.50. The topological polar surface area (TPSA) is 76.1 Å². The number of nitriles is 1. The van der Waals surface area contributed by atoms with Gasteiger partial charge in [0.25, 0.3) is 5.91 Å². The average Bonchev–Trinajstić information content (AvgIpc) is 2.40. The quantitative estimate of drug-likeness (QED) is 0.892. The average molecular weight is 238 g/mol. The van der Waals surface area contributed by atoms with Crippen LogP contribution in [-0.2, 0) is 0 Å². The Morgan fingerprint density at radius 1 is 1.06 bits per heavy atom. The number of carbonyl (C=O) groups is 1. The predicted molar refractivity (Wildman–Crippen MR) is 66.2 cm³/mol. The van der Waals surface area contributed by atoms with Crippen molar-refractivity contribution < 1.29 is 9.53 Å². The van der Waals surface area contributed by atoms with Crippen LogP contribution in [0.15, 0.2) is 48.5 Å². The second-order valence-electron chi connectivity index (χ2n) is 3.57. The van der Waals surface area contributed by atoms with Crippen LogP contribution in [0.25, 0.3) is 0 Å². The molecule has 0 atom stereocenters. The molecule has 0 heterocycles. The number of benzene rings is 2. The van der Waals surface area contributed by atoms with Crippen molar-refractivity contribution >= 4 is 5.91 Å². The minimum atomic E-state index is -0.569. The van der Waals surface area contributed by atoms with Crippen molar-refractivity contribution in [3.8, 4) is 17.6 Å². The van der Waals surface area contributed by atoms with Crippen molar-refractivity contribution in [1.82, 2.24) is 0 Å². The maximum Gasteiger partial charge on any atom is 0.252 e. The number of primary amides is 1. The van der Waals surface area contributed by atoms with E-state index in [1.165, 1.54) is 0 Å². The molecule has 2 rings (SSSR count). The van der Waals surface area contributed by atoms with Crippen molar-refractivity contribution in [2.75, 3.05) is 0 Å². The van der Waals surface area contributed by atoms with Gasteiger partial charge in [0.15, 0.2) is 0 Å². The zero-order valence-electron chi connectivity index (χ0n) is 9.46. The summed E-state index contributed by atoms with van der Waals surface area (Å²) in [6.45, 7) is 0. The fourth-order valence-electron chi connectivity index (χ4n) is 1.53. The molecule has 0 saturated carbocycles. The Morgan fingerprint density at radius 2 is 1.67 bits per heavy atom. The van der Waals surface area contributed by atoms with E-state index in [0.717, 1.165) is 0 Å². The van der Waals surface area contributed by atoms with Crippen LogP contribution < -0.4 is 10.5 Å². The number of rotatable bonds is 3. The van der Waals surface area contributed by atoms with E-state index in [-0.39, 0.29) is 5.56 Å². The van der Waals surface area contributed by atoms with E-state index >= 15 is 0 Å². The van der Waals surface area contributed by atoms with Gasteiger partial charge >= 0.3 is 0 Å². The smallest absolute Gasteiger partial charge is 0.252 e. The number of hydrogen-bond acceptors (Lipinski definition) is 3. The maximum atomic E-state index is 11.2. The first-order chi connectivity index (χ1) is 8.72. The Kier molecular flexibility index (Phi) is 3.26. The molecule has 4 heteroatoms. The third-order valence-electron chi connectivity index (χ3n) is 2.38. The lowest BCUT2D eigenvalue weighted by atomic mass is 10.2. The van der Waals surface area contributed by atoms with Gasteiger partial charge < -0.3 is 10.5 Å². The summed E-state index contributed by atoms with van der Waals surface area (Å²) >= 11 is 0. The molecule has 2 N–H and O–H groups in total. The van der Waals surface area contributed by atoms with Gasteiger partial charge in [-0.05, 0) is 24.3 Å². The monoisotopic (exact) mass is 238 g/mol. The molecule has 0 aliphatic carbocycles. The van der Waals surface area contributed by atoms with Gasteiger partial charge in [-0.2, -0.15) is 5.26 Å². The van der Waals surface area contributed by atoms with Gasteiger partial charge in [0.2, 0.25) is 0 Å². The molecule has 0 radical (unpaired) electrons. The van der Waals surface area contributed by atoms with E-state index in [2.05, 4.69) is 0 Å². The summed E-state index contributed by atoms with van der Waals surface area (Å²) < 4.78 is 5.57. The first kappa shape index (κ1) is 11.7. The molecule has 0 aromatic heterocycles. The van der Waals surface area contributed by atoms with Gasteiger partial charge in [-0.15, -0.1) is 0 Å². The summed E-state index contributed by atoms with van der Waals surface area (Å²) in [4.78, 5) is 11.2. The summed E-state index contributed by atoms with van der Waals surface area (Å²) in [6.07, 6.45) is 0. The summed E-state index contributed by atoms with van der Waals surface area (Å²) in [5, 5.41) is 8.95. The number of ether oxygens (including phenoxy) is 1. The predicted octanol–water partition coefficient (Wildman–Crippen LogP) is 2.45. The van der Waals surface area contributed by atoms with Crippen LogP contribution in [0.3, 0.4) is 0 Å². The highest BCUT2D eigenvalue weighted by molar-refractivity contribution is 5.95. The molecule has 0 spiro atoms. The van der Waals surface area contributed by atoms with Crippen LogP contribution in [0, 0.1) is 11.3 Å². The lowest BCUT2D eigenvalue weighted by Gasteiger charge is -2.09. The van der Waals surface area contributed by atoms with Gasteiger partial charge in [-0.1, -0.05) is 24.3 Å². The Hall–Kier alpha value is -2.80. The largest absolute Gasteiger partial charge is 0.455 e. The number of carbonyl (C=O) groups excluding carboxylic acids is 1. The summed E-state index contributed by atoms with van der Waals surface area (Å²) in [5.41, 5.74) is 5.94. The van der Waals surface area contributed by atoms with Crippen molar-refractivity contribution in [1.29, 1.82) is 5.26 Å². The van der Waals surface area contributed by atoms with Crippen LogP contribution in [0.2, 0.25) is 0 Å². The fraction of sp³-hybridized carbons (Fsp3) is 0. The van der Waals surface area contributed by atoms with Gasteiger partial charge in [0.1, 0.15) is 17.6 Å². The molecule has 0 bridgehead atoms. The van der Waals surface area contributed by atoms with E-state index in [0.29, 0.717) is 17.1 Å². The fourth-order valence-corrected chi connectivity index (χ4v) is 1.53. The molecule has 0 aliphatic rings. The van der Waals surface area contributed by atoms with Gasteiger partial charge in [0.05, 0.1) is 11.1 Å². The minimum absolute atomic E-state index is 0.283. The molecular formula is C14H10N2O2.